The van der Waals surface area contributed by atoms with Gasteiger partial charge in [-0.1, -0.05) is 0 Å². The summed E-state index contributed by atoms with van der Waals surface area (Å²) in [6.45, 7) is 7.43. The summed E-state index contributed by atoms with van der Waals surface area (Å²) in [6.07, 6.45) is -0.118. The Hall–Kier alpha value is -3.30. The lowest BCUT2D eigenvalue weighted by Crippen LogP contribution is -2.40. The minimum Gasteiger partial charge on any atom is -0.477 e. The van der Waals surface area contributed by atoms with Gasteiger partial charge in [0.05, 0.1) is 49.7 Å². The van der Waals surface area contributed by atoms with Crippen molar-refractivity contribution in [1.29, 1.82) is 0 Å². The third-order valence-electron chi connectivity index (χ3n) is 5.82. The standard InChI is InChI=1S/C24H29N5O4/c1-5-32-21-9-7-17(27-28-21)11-29(14(2)12-31-4)24(30)16-6-8-20-18(10-16)19-13-33-15(3)22(19)23(25)26-20/h6-10,14-15H,5,11-13H2,1-4H3,(H2,25,26)/t14?,15-/m1/s1. The maximum Gasteiger partial charge on any atom is 0.254 e. The summed E-state index contributed by atoms with van der Waals surface area (Å²) in [5.41, 5.74) is 10.0. The van der Waals surface area contributed by atoms with Crippen LogP contribution in [0.5, 0.6) is 5.88 Å². The van der Waals surface area contributed by atoms with Crippen LogP contribution in [-0.2, 0) is 22.6 Å². The second-order valence-corrected chi connectivity index (χ2v) is 8.11. The number of hydrogen-bond acceptors (Lipinski definition) is 8. The van der Waals surface area contributed by atoms with E-state index in [1.54, 1.807) is 24.1 Å². The number of nitrogens with two attached hydrogens (primary N) is 1. The molecule has 0 bridgehead atoms. The normalized spacial score (nSPS) is 15.9. The van der Waals surface area contributed by atoms with E-state index in [0.717, 1.165) is 22.0 Å². The Bertz CT molecular complexity index is 1150. The number of fused-ring (bicyclic) bond motifs is 3. The predicted molar refractivity (Wildman–Crippen MR) is 124 cm³/mol. The second-order valence-electron chi connectivity index (χ2n) is 8.11. The zero-order valence-electron chi connectivity index (χ0n) is 19.4. The first-order valence-corrected chi connectivity index (χ1v) is 11.0. The number of amides is 1. The van der Waals surface area contributed by atoms with Crippen molar-refractivity contribution in [3.8, 4) is 5.88 Å². The fourth-order valence-corrected chi connectivity index (χ4v) is 4.15. The molecule has 1 amide bonds. The number of aromatic nitrogens is 3. The molecule has 1 unspecified atom stereocenters. The number of carbonyl (C=O) groups excluding carboxylic acids is 1. The highest BCUT2D eigenvalue weighted by Gasteiger charge is 2.27. The van der Waals surface area contributed by atoms with Gasteiger partial charge in [0.15, 0.2) is 0 Å². The number of methoxy groups -OCH3 is 1. The minimum atomic E-state index is -0.176. The molecule has 4 rings (SSSR count). The SMILES string of the molecule is CCOc1ccc(CN(C(=O)c2ccc3nc(N)c4c(c3c2)CO[C@@H]4C)C(C)COC)nn1. The fraction of sp³-hybridized carbons (Fsp3) is 0.417. The van der Waals surface area contributed by atoms with E-state index in [1.165, 1.54) is 0 Å². The minimum absolute atomic E-state index is 0.118. The van der Waals surface area contributed by atoms with Crippen LogP contribution in [-0.4, -0.2) is 52.4 Å². The van der Waals surface area contributed by atoms with E-state index in [4.69, 9.17) is 19.9 Å². The molecule has 1 aromatic carbocycles. The summed E-state index contributed by atoms with van der Waals surface area (Å²) in [6, 6.07) is 8.88. The Morgan fingerprint density at radius 3 is 2.82 bits per heavy atom. The summed E-state index contributed by atoms with van der Waals surface area (Å²) < 4.78 is 16.5. The molecule has 1 aliphatic rings. The Morgan fingerprint density at radius 1 is 1.30 bits per heavy atom. The number of rotatable bonds is 8. The van der Waals surface area contributed by atoms with Crippen molar-refractivity contribution in [1.82, 2.24) is 20.1 Å². The average Bonchev–Trinajstić information content (AvgIpc) is 3.21. The van der Waals surface area contributed by atoms with Crippen LogP contribution in [0.4, 0.5) is 5.82 Å². The van der Waals surface area contributed by atoms with Gasteiger partial charge in [0.1, 0.15) is 5.82 Å². The Balaban J connectivity index is 1.67. The van der Waals surface area contributed by atoms with Gasteiger partial charge in [-0.2, -0.15) is 5.10 Å². The number of nitrogens with zero attached hydrogens (tertiary/aromatic N) is 4. The van der Waals surface area contributed by atoms with E-state index in [2.05, 4.69) is 15.2 Å². The molecule has 174 valence electrons. The van der Waals surface area contributed by atoms with E-state index >= 15 is 0 Å². The third-order valence-corrected chi connectivity index (χ3v) is 5.82. The zero-order valence-corrected chi connectivity index (χ0v) is 19.4. The molecule has 0 saturated carbocycles. The molecule has 0 spiro atoms. The maximum absolute atomic E-state index is 13.6. The number of carbonyl (C=O) groups is 1. The smallest absolute Gasteiger partial charge is 0.254 e. The second kappa shape index (κ2) is 9.68. The summed E-state index contributed by atoms with van der Waals surface area (Å²) >= 11 is 0. The van der Waals surface area contributed by atoms with Gasteiger partial charge in [-0.05, 0) is 50.6 Å². The van der Waals surface area contributed by atoms with Crippen LogP contribution in [0, 0.1) is 0 Å². The highest BCUT2D eigenvalue weighted by atomic mass is 16.5. The van der Waals surface area contributed by atoms with E-state index in [1.807, 2.05) is 39.0 Å². The molecule has 9 heteroatoms. The molecule has 1 aliphatic heterocycles. The molecule has 3 heterocycles. The van der Waals surface area contributed by atoms with Crippen LogP contribution < -0.4 is 10.5 Å². The number of anilines is 1. The first-order valence-electron chi connectivity index (χ1n) is 11.0. The van der Waals surface area contributed by atoms with Gasteiger partial charge in [-0.15, -0.1) is 5.10 Å². The molecule has 2 aromatic heterocycles. The molecule has 3 aromatic rings. The van der Waals surface area contributed by atoms with Crippen molar-refractivity contribution in [2.24, 2.45) is 0 Å². The van der Waals surface area contributed by atoms with Gasteiger partial charge >= 0.3 is 0 Å². The fourth-order valence-electron chi connectivity index (χ4n) is 4.15. The Morgan fingerprint density at radius 2 is 2.12 bits per heavy atom. The zero-order chi connectivity index (χ0) is 23.5. The number of pyridine rings is 1. The van der Waals surface area contributed by atoms with Gasteiger partial charge in [-0.3, -0.25) is 4.79 Å². The number of ether oxygens (including phenoxy) is 3. The summed E-state index contributed by atoms with van der Waals surface area (Å²) in [7, 11) is 1.62. The molecule has 0 radical (unpaired) electrons. The van der Waals surface area contributed by atoms with Crippen molar-refractivity contribution < 1.29 is 19.0 Å². The lowest BCUT2D eigenvalue weighted by molar-refractivity contribution is 0.0538. The quantitative estimate of drug-likeness (QED) is 0.555. The van der Waals surface area contributed by atoms with E-state index in [9.17, 15) is 4.79 Å². The number of hydrogen-bond donors (Lipinski definition) is 1. The van der Waals surface area contributed by atoms with Gasteiger partial charge in [0.2, 0.25) is 5.88 Å². The van der Waals surface area contributed by atoms with Crippen molar-refractivity contribution in [3.63, 3.8) is 0 Å². The molecule has 0 aliphatic carbocycles. The maximum atomic E-state index is 13.6. The average molecular weight is 452 g/mol. The van der Waals surface area contributed by atoms with E-state index < -0.39 is 0 Å². The monoisotopic (exact) mass is 451 g/mol. The summed E-state index contributed by atoms with van der Waals surface area (Å²) in [4.78, 5) is 19.9. The van der Waals surface area contributed by atoms with Crippen LogP contribution in [0.25, 0.3) is 10.9 Å². The lowest BCUT2D eigenvalue weighted by Gasteiger charge is -2.28. The van der Waals surface area contributed by atoms with Gasteiger partial charge in [0, 0.05) is 29.7 Å². The first-order chi connectivity index (χ1) is 15.9. The molecule has 9 nitrogen and oxygen atoms in total. The first kappa shape index (κ1) is 22.9. The predicted octanol–water partition coefficient (Wildman–Crippen LogP) is 3.27. The molecular weight excluding hydrogens is 422 g/mol. The Labute approximate surface area is 192 Å². The highest BCUT2D eigenvalue weighted by Crippen LogP contribution is 2.38. The lowest BCUT2D eigenvalue weighted by atomic mass is 10.00. The number of nitrogen functional groups attached to an aromatic ring is 1. The van der Waals surface area contributed by atoms with Gasteiger partial charge in [0.25, 0.3) is 5.91 Å². The van der Waals surface area contributed by atoms with Gasteiger partial charge < -0.3 is 24.8 Å². The molecule has 33 heavy (non-hydrogen) atoms. The van der Waals surface area contributed by atoms with Crippen molar-refractivity contribution in [2.75, 3.05) is 26.1 Å². The Kier molecular flexibility index (Phi) is 6.71. The van der Waals surface area contributed by atoms with Crippen LogP contribution in [0.1, 0.15) is 54.1 Å². The molecule has 2 N–H and O–H groups in total. The third kappa shape index (κ3) is 4.60. The summed E-state index contributed by atoms with van der Waals surface area (Å²) in [5.74, 6) is 0.802. The van der Waals surface area contributed by atoms with Crippen molar-refractivity contribution >= 4 is 22.6 Å². The van der Waals surface area contributed by atoms with Crippen LogP contribution >= 0.6 is 0 Å². The van der Waals surface area contributed by atoms with E-state index in [0.29, 0.717) is 49.3 Å². The summed E-state index contributed by atoms with van der Waals surface area (Å²) in [5, 5.41) is 9.18. The van der Waals surface area contributed by atoms with Crippen LogP contribution in [0.3, 0.4) is 0 Å². The van der Waals surface area contributed by atoms with Crippen LogP contribution in [0.2, 0.25) is 0 Å². The van der Waals surface area contributed by atoms with E-state index in [-0.39, 0.29) is 18.1 Å². The van der Waals surface area contributed by atoms with Crippen LogP contribution in [0.15, 0.2) is 30.3 Å². The van der Waals surface area contributed by atoms with Crippen molar-refractivity contribution in [3.05, 3.63) is 52.7 Å². The molecular formula is C24H29N5O4. The molecule has 2 atom stereocenters. The number of benzene rings is 1. The molecule has 0 saturated heterocycles. The van der Waals surface area contributed by atoms with Gasteiger partial charge in [-0.25, -0.2) is 4.98 Å². The van der Waals surface area contributed by atoms with Crippen molar-refractivity contribution in [2.45, 2.75) is 46.1 Å². The highest BCUT2D eigenvalue weighted by molar-refractivity contribution is 5.99. The largest absolute Gasteiger partial charge is 0.477 e. The molecule has 0 fully saturated rings. The topological polar surface area (TPSA) is 113 Å².